The first-order valence-corrected chi connectivity index (χ1v) is 12.4. The van der Waals surface area contributed by atoms with Crippen LogP contribution in [0.5, 0.6) is 0 Å². The standard InChI is InChI=1S/C27H28N4O2S/c28-19-22-9-11-23(12-10-22)20-30-13-5-14-31(16-15-30)27(33)24(18-21-6-2-1-3-7-21)29-26(32)25-8-4-17-34-25/h1-4,6-12,17,24H,5,13-16,18,20H2,(H,29,32)/t24-/m0/s1. The predicted molar refractivity (Wildman–Crippen MR) is 133 cm³/mol. The number of hydrogen-bond acceptors (Lipinski definition) is 5. The number of nitrogens with one attached hydrogen (secondary N) is 1. The first kappa shape index (κ1) is 23.7. The van der Waals surface area contributed by atoms with Crippen molar-refractivity contribution >= 4 is 23.2 Å². The van der Waals surface area contributed by atoms with E-state index in [1.807, 2.05) is 70.9 Å². The molecule has 7 heteroatoms. The van der Waals surface area contributed by atoms with E-state index in [2.05, 4.69) is 16.3 Å². The highest BCUT2D eigenvalue weighted by Crippen LogP contribution is 2.14. The van der Waals surface area contributed by atoms with Crippen LogP contribution < -0.4 is 5.32 Å². The number of rotatable bonds is 7. The summed E-state index contributed by atoms with van der Waals surface area (Å²) in [5, 5.41) is 13.8. The van der Waals surface area contributed by atoms with Gasteiger partial charge in [-0.15, -0.1) is 11.3 Å². The number of nitrogens with zero attached hydrogens (tertiary/aromatic N) is 3. The quantitative estimate of drug-likeness (QED) is 0.569. The van der Waals surface area contributed by atoms with Crippen molar-refractivity contribution < 1.29 is 9.59 Å². The van der Waals surface area contributed by atoms with E-state index in [-0.39, 0.29) is 11.8 Å². The molecule has 0 spiro atoms. The summed E-state index contributed by atoms with van der Waals surface area (Å²) in [6, 6.07) is 22.6. The molecular weight excluding hydrogens is 444 g/mol. The van der Waals surface area contributed by atoms with Gasteiger partial charge >= 0.3 is 0 Å². The molecule has 1 fully saturated rings. The number of hydrogen-bond donors (Lipinski definition) is 1. The Morgan fingerprint density at radius 2 is 1.74 bits per heavy atom. The van der Waals surface area contributed by atoms with Crippen molar-refractivity contribution in [3.8, 4) is 6.07 Å². The maximum atomic E-state index is 13.6. The molecule has 2 amide bonds. The second kappa shape index (κ2) is 11.6. The van der Waals surface area contributed by atoms with Gasteiger partial charge in [0.2, 0.25) is 5.91 Å². The number of carbonyl (C=O) groups excluding carboxylic acids is 2. The van der Waals surface area contributed by atoms with Crippen LogP contribution in [-0.2, 0) is 17.8 Å². The third-order valence-corrected chi connectivity index (χ3v) is 6.89. The van der Waals surface area contributed by atoms with Crippen LogP contribution in [0.3, 0.4) is 0 Å². The molecule has 0 unspecified atom stereocenters. The van der Waals surface area contributed by atoms with Crippen LogP contribution in [0.1, 0.15) is 32.8 Å². The average Bonchev–Trinajstić information content (AvgIpc) is 3.32. The van der Waals surface area contributed by atoms with E-state index in [0.717, 1.165) is 37.2 Å². The van der Waals surface area contributed by atoms with Crippen molar-refractivity contribution in [2.75, 3.05) is 26.2 Å². The third kappa shape index (κ3) is 6.31. The maximum Gasteiger partial charge on any atom is 0.262 e. The lowest BCUT2D eigenvalue weighted by Crippen LogP contribution is -2.50. The minimum absolute atomic E-state index is 0.0333. The summed E-state index contributed by atoms with van der Waals surface area (Å²) in [7, 11) is 0. The Labute approximate surface area is 204 Å². The zero-order valence-electron chi connectivity index (χ0n) is 19.0. The lowest BCUT2D eigenvalue weighted by Gasteiger charge is -2.27. The van der Waals surface area contributed by atoms with Crippen LogP contribution >= 0.6 is 11.3 Å². The van der Waals surface area contributed by atoms with E-state index in [4.69, 9.17) is 5.26 Å². The Hall–Kier alpha value is -3.47. The Morgan fingerprint density at radius 3 is 2.44 bits per heavy atom. The molecular formula is C27H28N4O2S. The molecule has 0 radical (unpaired) electrons. The summed E-state index contributed by atoms with van der Waals surface area (Å²) in [4.78, 5) is 31.2. The minimum atomic E-state index is -0.609. The van der Waals surface area contributed by atoms with Crippen LogP contribution in [0.25, 0.3) is 0 Å². The molecule has 174 valence electrons. The highest BCUT2D eigenvalue weighted by Gasteiger charge is 2.28. The smallest absolute Gasteiger partial charge is 0.262 e. The molecule has 1 N–H and O–H groups in total. The van der Waals surface area contributed by atoms with Gasteiger partial charge in [-0.1, -0.05) is 48.5 Å². The molecule has 34 heavy (non-hydrogen) atoms. The molecule has 1 atom stereocenters. The van der Waals surface area contributed by atoms with Gasteiger partial charge in [0, 0.05) is 39.1 Å². The first-order chi connectivity index (χ1) is 16.6. The van der Waals surface area contributed by atoms with Gasteiger partial charge in [0.05, 0.1) is 16.5 Å². The molecule has 1 aliphatic heterocycles. The third-order valence-electron chi connectivity index (χ3n) is 6.02. The van der Waals surface area contributed by atoms with E-state index in [9.17, 15) is 9.59 Å². The summed E-state index contributed by atoms with van der Waals surface area (Å²) in [6.45, 7) is 3.74. The fraction of sp³-hybridized carbons (Fsp3) is 0.296. The summed E-state index contributed by atoms with van der Waals surface area (Å²) in [5.74, 6) is -0.240. The van der Waals surface area contributed by atoms with E-state index in [1.165, 1.54) is 11.3 Å². The number of carbonyl (C=O) groups is 2. The lowest BCUT2D eigenvalue weighted by molar-refractivity contribution is -0.133. The van der Waals surface area contributed by atoms with E-state index >= 15 is 0 Å². The molecule has 0 saturated carbocycles. The van der Waals surface area contributed by atoms with Gasteiger partial charge in [0.1, 0.15) is 6.04 Å². The number of nitriles is 1. The van der Waals surface area contributed by atoms with E-state index < -0.39 is 6.04 Å². The molecule has 6 nitrogen and oxygen atoms in total. The molecule has 0 bridgehead atoms. The maximum absolute atomic E-state index is 13.6. The van der Waals surface area contributed by atoms with Crippen molar-refractivity contribution in [1.29, 1.82) is 5.26 Å². The van der Waals surface area contributed by atoms with Crippen LogP contribution in [0.4, 0.5) is 0 Å². The first-order valence-electron chi connectivity index (χ1n) is 11.5. The molecule has 3 aromatic rings. The van der Waals surface area contributed by atoms with Crippen molar-refractivity contribution in [2.45, 2.75) is 25.4 Å². The van der Waals surface area contributed by atoms with Crippen molar-refractivity contribution in [1.82, 2.24) is 15.1 Å². The van der Waals surface area contributed by atoms with Crippen molar-refractivity contribution in [3.63, 3.8) is 0 Å². The molecule has 2 aromatic carbocycles. The van der Waals surface area contributed by atoms with E-state index in [0.29, 0.717) is 30.0 Å². The van der Waals surface area contributed by atoms with Crippen LogP contribution in [0, 0.1) is 11.3 Å². The number of benzene rings is 2. The zero-order chi connectivity index (χ0) is 23.8. The normalized spacial score (nSPS) is 15.2. The van der Waals surface area contributed by atoms with Crippen LogP contribution in [0.15, 0.2) is 72.1 Å². The Kier molecular flexibility index (Phi) is 8.08. The summed E-state index contributed by atoms with van der Waals surface area (Å²) in [5.41, 5.74) is 2.83. The molecule has 2 heterocycles. The van der Waals surface area contributed by atoms with Crippen molar-refractivity contribution in [2.24, 2.45) is 0 Å². The predicted octanol–water partition coefficient (Wildman–Crippen LogP) is 3.70. The Morgan fingerprint density at radius 1 is 0.941 bits per heavy atom. The second-order valence-electron chi connectivity index (χ2n) is 8.46. The van der Waals surface area contributed by atoms with Crippen LogP contribution in [0.2, 0.25) is 0 Å². The monoisotopic (exact) mass is 472 g/mol. The summed E-state index contributed by atoms with van der Waals surface area (Å²) >= 11 is 1.37. The Bertz CT molecular complexity index is 1120. The largest absolute Gasteiger partial charge is 0.340 e. The number of thiophene rings is 1. The highest BCUT2D eigenvalue weighted by molar-refractivity contribution is 7.12. The van der Waals surface area contributed by atoms with E-state index in [1.54, 1.807) is 6.07 Å². The minimum Gasteiger partial charge on any atom is -0.340 e. The van der Waals surface area contributed by atoms with Gasteiger partial charge in [0.25, 0.3) is 5.91 Å². The molecule has 1 aliphatic rings. The van der Waals surface area contributed by atoms with Gasteiger partial charge in [-0.25, -0.2) is 0 Å². The highest BCUT2D eigenvalue weighted by atomic mass is 32.1. The van der Waals surface area contributed by atoms with Crippen LogP contribution in [-0.4, -0.2) is 53.8 Å². The fourth-order valence-corrected chi connectivity index (χ4v) is 4.83. The summed E-state index contributed by atoms with van der Waals surface area (Å²) < 4.78 is 0. The second-order valence-corrected chi connectivity index (χ2v) is 9.40. The summed E-state index contributed by atoms with van der Waals surface area (Å²) in [6.07, 6.45) is 1.33. The van der Waals surface area contributed by atoms with Gasteiger partial charge in [0.15, 0.2) is 0 Å². The van der Waals surface area contributed by atoms with Gasteiger partial charge in [-0.3, -0.25) is 14.5 Å². The Balaban J connectivity index is 1.41. The SMILES string of the molecule is N#Cc1ccc(CN2CCCN(C(=O)[C@H](Cc3ccccc3)NC(=O)c3cccs3)CC2)cc1. The fourth-order valence-electron chi connectivity index (χ4n) is 4.20. The topological polar surface area (TPSA) is 76.4 Å². The molecule has 1 aromatic heterocycles. The average molecular weight is 473 g/mol. The zero-order valence-corrected chi connectivity index (χ0v) is 19.8. The molecule has 0 aliphatic carbocycles. The lowest BCUT2D eigenvalue weighted by atomic mass is 10.0. The van der Waals surface area contributed by atoms with Gasteiger partial charge in [-0.05, 0) is 41.1 Å². The molecule has 1 saturated heterocycles. The number of amides is 2. The molecule has 4 rings (SSSR count). The van der Waals surface area contributed by atoms with Crippen molar-refractivity contribution in [3.05, 3.63) is 93.7 Å². The van der Waals surface area contributed by atoms with Gasteiger partial charge in [-0.2, -0.15) is 5.26 Å². The van der Waals surface area contributed by atoms with Gasteiger partial charge < -0.3 is 10.2 Å².